The molecule has 4 rings (SSSR count). The summed E-state index contributed by atoms with van der Waals surface area (Å²) in [6.07, 6.45) is 3.43. The van der Waals surface area contributed by atoms with Gasteiger partial charge < -0.3 is 10.0 Å². The molecule has 8 heteroatoms. The lowest BCUT2D eigenvalue weighted by atomic mass is 9.99. The van der Waals surface area contributed by atoms with Crippen molar-refractivity contribution in [3.8, 4) is 5.75 Å². The van der Waals surface area contributed by atoms with Gasteiger partial charge in [0.1, 0.15) is 5.75 Å². The van der Waals surface area contributed by atoms with Crippen LogP contribution in [0.2, 0.25) is 5.02 Å². The second-order valence-electron chi connectivity index (χ2n) is 7.99. The molecule has 0 aromatic heterocycles. The van der Waals surface area contributed by atoms with E-state index in [4.69, 9.17) is 11.6 Å². The number of nitrogens with one attached hydrogen (secondary N) is 1. The lowest BCUT2D eigenvalue weighted by molar-refractivity contribution is 0.0652. The zero-order chi connectivity index (χ0) is 24.1. The fourth-order valence-electron chi connectivity index (χ4n) is 3.98. The summed E-state index contributed by atoms with van der Waals surface area (Å²) in [7, 11) is 0. The van der Waals surface area contributed by atoms with E-state index in [0.29, 0.717) is 18.7 Å². The molecule has 0 unspecified atom stereocenters. The summed E-state index contributed by atoms with van der Waals surface area (Å²) >= 11 is 5.87. The number of benzene rings is 3. The van der Waals surface area contributed by atoms with Crippen LogP contribution < -0.4 is 5.43 Å². The summed E-state index contributed by atoms with van der Waals surface area (Å²) < 4.78 is 0. The predicted octanol–water partition coefficient (Wildman–Crippen LogP) is 3.91. The Bertz CT molecular complexity index is 1270. The number of amides is 2. The smallest absolute Gasteiger partial charge is 0.271 e. The molecule has 34 heavy (non-hydrogen) atoms. The maximum atomic E-state index is 13.3. The van der Waals surface area contributed by atoms with Crippen molar-refractivity contribution in [3.05, 3.63) is 89.0 Å². The number of aromatic hydroxyl groups is 1. The Balaban J connectivity index is 1.51. The number of hydrogen-bond donors (Lipinski definition) is 2. The van der Waals surface area contributed by atoms with Gasteiger partial charge in [0.2, 0.25) is 0 Å². The van der Waals surface area contributed by atoms with Gasteiger partial charge in [-0.3, -0.25) is 14.5 Å². The minimum atomic E-state index is -0.454. The maximum absolute atomic E-state index is 13.3. The van der Waals surface area contributed by atoms with Gasteiger partial charge in [-0.1, -0.05) is 48.0 Å². The SMILES string of the molecule is C=CCN1CCN(C(=O)c2ccc(/C=N/NC(=O)c3ccc(O)c(Cl)c3)c3ccccc23)CC1. The van der Waals surface area contributed by atoms with Gasteiger partial charge in [-0.05, 0) is 35.0 Å². The van der Waals surface area contributed by atoms with E-state index >= 15 is 0 Å². The number of hydrazone groups is 1. The molecule has 2 amide bonds. The maximum Gasteiger partial charge on any atom is 0.271 e. The van der Waals surface area contributed by atoms with Crippen LogP contribution in [0, 0.1) is 0 Å². The molecule has 1 heterocycles. The minimum Gasteiger partial charge on any atom is -0.506 e. The second kappa shape index (κ2) is 10.5. The van der Waals surface area contributed by atoms with Crippen molar-refractivity contribution in [2.45, 2.75) is 0 Å². The average molecular weight is 477 g/mol. The molecule has 3 aromatic rings. The second-order valence-corrected chi connectivity index (χ2v) is 8.40. The standard InChI is InChI=1S/C26H25ClN4O3/c1-2-11-30-12-14-31(15-13-30)26(34)22-9-7-19(20-5-3-4-6-21(20)22)17-28-29-25(33)18-8-10-24(32)23(27)16-18/h2-10,16-17,32H,1,11-15H2,(H,29,33)/b28-17+. The van der Waals surface area contributed by atoms with Crippen LogP contribution in [0.1, 0.15) is 26.3 Å². The van der Waals surface area contributed by atoms with Crippen LogP contribution in [0.15, 0.2) is 72.4 Å². The Morgan fingerprint density at radius 3 is 2.50 bits per heavy atom. The topological polar surface area (TPSA) is 85.2 Å². The van der Waals surface area contributed by atoms with E-state index in [1.165, 1.54) is 18.2 Å². The number of phenolic OH excluding ortho intramolecular Hbond substituents is 1. The summed E-state index contributed by atoms with van der Waals surface area (Å²) in [5.41, 5.74) is 4.16. The van der Waals surface area contributed by atoms with Crippen LogP contribution in [-0.4, -0.2) is 65.7 Å². The number of fused-ring (bicyclic) bond motifs is 1. The summed E-state index contributed by atoms with van der Waals surface area (Å²) in [4.78, 5) is 29.7. The molecule has 2 N–H and O–H groups in total. The minimum absolute atomic E-state index is 0.00968. The van der Waals surface area contributed by atoms with Crippen molar-refractivity contribution in [1.82, 2.24) is 15.2 Å². The van der Waals surface area contributed by atoms with Gasteiger partial charge in [-0.15, -0.1) is 6.58 Å². The van der Waals surface area contributed by atoms with Crippen LogP contribution in [0.25, 0.3) is 10.8 Å². The number of halogens is 1. The van der Waals surface area contributed by atoms with Crippen LogP contribution >= 0.6 is 11.6 Å². The van der Waals surface area contributed by atoms with Crippen LogP contribution in [-0.2, 0) is 0 Å². The van der Waals surface area contributed by atoms with Gasteiger partial charge in [-0.25, -0.2) is 5.43 Å². The van der Waals surface area contributed by atoms with Crippen LogP contribution in [0.5, 0.6) is 5.75 Å². The van der Waals surface area contributed by atoms with E-state index in [1.807, 2.05) is 47.4 Å². The molecule has 174 valence electrons. The highest BCUT2D eigenvalue weighted by atomic mass is 35.5. The number of rotatable bonds is 6. The van der Waals surface area contributed by atoms with E-state index in [0.717, 1.165) is 36.0 Å². The van der Waals surface area contributed by atoms with Crippen molar-refractivity contribution in [3.63, 3.8) is 0 Å². The fourth-order valence-corrected chi connectivity index (χ4v) is 4.16. The van der Waals surface area contributed by atoms with Crippen molar-refractivity contribution < 1.29 is 14.7 Å². The molecular formula is C26H25ClN4O3. The van der Waals surface area contributed by atoms with Gasteiger partial charge >= 0.3 is 0 Å². The fraction of sp³-hybridized carbons (Fsp3) is 0.192. The van der Waals surface area contributed by atoms with E-state index in [-0.39, 0.29) is 22.2 Å². The quantitative estimate of drug-likeness (QED) is 0.321. The van der Waals surface area contributed by atoms with Crippen molar-refractivity contribution in [1.29, 1.82) is 0 Å². The van der Waals surface area contributed by atoms with Gasteiger partial charge in [0.25, 0.3) is 11.8 Å². The van der Waals surface area contributed by atoms with Crippen molar-refractivity contribution >= 4 is 40.4 Å². The number of carbonyl (C=O) groups excluding carboxylic acids is 2. The van der Waals surface area contributed by atoms with Crippen LogP contribution in [0.3, 0.4) is 0 Å². The predicted molar refractivity (Wildman–Crippen MR) is 135 cm³/mol. The molecule has 0 saturated carbocycles. The molecule has 0 spiro atoms. The van der Waals surface area contributed by atoms with Gasteiger partial charge in [0.15, 0.2) is 0 Å². The monoisotopic (exact) mass is 476 g/mol. The summed E-state index contributed by atoms with van der Waals surface area (Å²) in [6, 6.07) is 15.5. The van der Waals surface area contributed by atoms with Crippen LogP contribution in [0.4, 0.5) is 0 Å². The molecule has 1 fully saturated rings. The first-order valence-corrected chi connectivity index (χ1v) is 11.3. The highest BCUT2D eigenvalue weighted by Crippen LogP contribution is 2.25. The van der Waals surface area contributed by atoms with Crippen molar-refractivity contribution in [2.24, 2.45) is 5.10 Å². The number of piperazine rings is 1. The van der Waals surface area contributed by atoms with E-state index < -0.39 is 5.91 Å². The van der Waals surface area contributed by atoms with E-state index in [9.17, 15) is 14.7 Å². The summed E-state index contributed by atoms with van der Waals surface area (Å²) in [6.45, 7) is 7.62. The van der Waals surface area contributed by atoms with Gasteiger partial charge in [-0.2, -0.15) is 5.10 Å². The molecule has 1 saturated heterocycles. The lowest BCUT2D eigenvalue weighted by Crippen LogP contribution is -2.48. The molecule has 3 aromatic carbocycles. The highest BCUT2D eigenvalue weighted by Gasteiger charge is 2.23. The molecule has 7 nitrogen and oxygen atoms in total. The molecule has 0 aliphatic carbocycles. The molecule has 0 bridgehead atoms. The largest absolute Gasteiger partial charge is 0.506 e. The Labute approximate surface area is 202 Å². The number of carbonyl (C=O) groups is 2. The summed E-state index contributed by atoms with van der Waals surface area (Å²) in [5, 5.41) is 15.4. The Hall–Kier alpha value is -3.68. The third-order valence-electron chi connectivity index (χ3n) is 5.81. The first-order chi connectivity index (χ1) is 16.5. The zero-order valence-electron chi connectivity index (χ0n) is 18.6. The van der Waals surface area contributed by atoms with Crippen molar-refractivity contribution in [2.75, 3.05) is 32.7 Å². The lowest BCUT2D eigenvalue weighted by Gasteiger charge is -2.34. The van der Waals surface area contributed by atoms with Gasteiger partial charge in [0, 0.05) is 49.4 Å². The summed E-state index contributed by atoms with van der Waals surface area (Å²) in [5.74, 6) is -0.540. The molecular weight excluding hydrogens is 452 g/mol. The molecule has 1 aliphatic heterocycles. The number of nitrogens with zero attached hydrogens (tertiary/aromatic N) is 3. The van der Waals surface area contributed by atoms with E-state index in [2.05, 4.69) is 22.0 Å². The first kappa shape index (κ1) is 23.5. The Morgan fingerprint density at radius 2 is 1.79 bits per heavy atom. The average Bonchev–Trinajstić information content (AvgIpc) is 2.86. The molecule has 1 aliphatic rings. The number of phenols is 1. The normalized spacial score (nSPS) is 14.4. The molecule has 0 radical (unpaired) electrons. The van der Waals surface area contributed by atoms with E-state index in [1.54, 1.807) is 6.21 Å². The Morgan fingerprint density at radius 1 is 1.06 bits per heavy atom. The van der Waals surface area contributed by atoms with Gasteiger partial charge in [0.05, 0.1) is 11.2 Å². The Kier molecular flexibility index (Phi) is 7.25. The first-order valence-electron chi connectivity index (χ1n) is 10.9. The third kappa shape index (κ3) is 5.11. The molecule has 0 atom stereocenters. The third-order valence-corrected chi connectivity index (χ3v) is 6.12. The zero-order valence-corrected chi connectivity index (χ0v) is 19.3. The number of hydrogen-bond acceptors (Lipinski definition) is 5. The highest BCUT2D eigenvalue weighted by molar-refractivity contribution is 6.32.